The number of carbonyl (C=O) groups excluding carboxylic acids is 1. The fourth-order valence-corrected chi connectivity index (χ4v) is 6.52. The first kappa shape index (κ1) is 20.0. The predicted molar refractivity (Wildman–Crippen MR) is 110 cm³/mol. The van der Waals surface area contributed by atoms with Gasteiger partial charge < -0.3 is 5.32 Å². The summed E-state index contributed by atoms with van der Waals surface area (Å²) in [6.07, 6.45) is 3.81. The molecule has 1 aliphatic rings. The van der Waals surface area contributed by atoms with Crippen molar-refractivity contribution >= 4 is 32.9 Å². The molecule has 1 atom stereocenters. The number of hydrogen-bond acceptors (Lipinski definition) is 6. The molecule has 1 aliphatic heterocycles. The first-order valence-corrected chi connectivity index (χ1v) is 11.8. The smallest absolute Gasteiger partial charge is 0.252 e. The maximum Gasteiger partial charge on any atom is 0.252 e. The molecule has 0 aliphatic carbocycles. The van der Waals surface area contributed by atoms with Gasteiger partial charge in [0.2, 0.25) is 5.91 Å². The number of aryl methyl sites for hydroxylation is 1. The molecule has 154 valence electrons. The number of nitrogens with zero attached hydrogens (tertiary/aromatic N) is 4. The number of amides is 1. The van der Waals surface area contributed by atoms with Crippen LogP contribution in [-0.2, 0) is 21.2 Å². The molecule has 1 fully saturated rings. The zero-order chi connectivity index (χ0) is 20.4. The van der Waals surface area contributed by atoms with Crippen molar-refractivity contribution in [3.8, 4) is 0 Å². The predicted octanol–water partition coefficient (Wildman–Crippen LogP) is 1.86. The van der Waals surface area contributed by atoms with Crippen LogP contribution in [0.15, 0.2) is 40.7 Å². The third kappa shape index (κ3) is 4.19. The van der Waals surface area contributed by atoms with Gasteiger partial charge in [-0.15, -0.1) is 21.5 Å². The highest BCUT2D eigenvalue weighted by Crippen LogP contribution is 2.28. The topological polar surface area (TPSA) is 96.7 Å². The van der Waals surface area contributed by atoms with E-state index in [9.17, 15) is 13.2 Å². The van der Waals surface area contributed by atoms with Crippen LogP contribution in [0.4, 0.5) is 0 Å². The fraction of sp³-hybridized carbons (Fsp3) is 0.421. The number of aromatic nitrogens is 3. The Kier molecular flexibility index (Phi) is 5.66. The molecule has 0 saturated carbocycles. The third-order valence-corrected chi connectivity index (χ3v) is 8.43. The summed E-state index contributed by atoms with van der Waals surface area (Å²) >= 11 is 1.27. The van der Waals surface area contributed by atoms with Crippen molar-refractivity contribution in [2.75, 3.05) is 19.6 Å². The van der Waals surface area contributed by atoms with Crippen molar-refractivity contribution in [3.05, 3.63) is 47.2 Å². The Morgan fingerprint density at radius 1 is 1.28 bits per heavy atom. The molecule has 1 amide bonds. The summed E-state index contributed by atoms with van der Waals surface area (Å²) in [7, 11) is -3.54. The Hall–Kier alpha value is -2.30. The Morgan fingerprint density at radius 3 is 2.93 bits per heavy atom. The molecule has 1 saturated heterocycles. The quantitative estimate of drug-likeness (QED) is 0.640. The van der Waals surface area contributed by atoms with Gasteiger partial charge in [0.05, 0.1) is 5.92 Å². The number of nitrogens with one attached hydrogen (secondary N) is 1. The Balaban J connectivity index is 1.35. The van der Waals surface area contributed by atoms with E-state index in [2.05, 4.69) is 15.5 Å². The first-order valence-electron chi connectivity index (χ1n) is 9.58. The highest BCUT2D eigenvalue weighted by atomic mass is 32.2. The van der Waals surface area contributed by atoms with Crippen LogP contribution in [0, 0.1) is 12.8 Å². The van der Waals surface area contributed by atoms with Gasteiger partial charge in [0, 0.05) is 37.1 Å². The lowest BCUT2D eigenvalue weighted by molar-refractivity contribution is -0.126. The summed E-state index contributed by atoms with van der Waals surface area (Å²) in [6.45, 7) is 2.99. The van der Waals surface area contributed by atoms with Gasteiger partial charge in [-0.2, -0.15) is 4.31 Å². The Labute approximate surface area is 173 Å². The molecular weight excluding hydrogens is 410 g/mol. The number of thiophene rings is 1. The van der Waals surface area contributed by atoms with Gasteiger partial charge in [0.25, 0.3) is 10.0 Å². The molecule has 29 heavy (non-hydrogen) atoms. The van der Waals surface area contributed by atoms with Crippen molar-refractivity contribution in [1.29, 1.82) is 0 Å². The van der Waals surface area contributed by atoms with Crippen LogP contribution in [0.1, 0.15) is 23.5 Å². The molecule has 4 rings (SSSR count). The summed E-state index contributed by atoms with van der Waals surface area (Å²) in [4.78, 5) is 13.6. The maximum absolute atomic E-state index is 12.8. The van der Waals surface area contributed by atoms with Crippen LogP contribution in [0.2, 0.25) is 0 Å². The van der Waals surface area contributed by atoms with Crippen LogP contribution in [0.25, 0.3) is 5.65 Å². The minimum Gasteiger partial charge on any atom is -0.355 e. The lowest BCUT2D eigenvalue weighted by Gasteiger charge is -2.30. The number of rotatable bonds is 6. The van der Waals surface area contributed by atoms with Gasteiger partial charge in [0.1, 0.15) is 10.0 Å². The van der Waals surface area contributed by atoms with Gasteiger partial charge >= 0.3 is 0 Å². The molecular formula is C19H23N5O3S2. The molecule has 0 bridgehead atoms. The lowest BCUT2D eigenvalue weighted by atomic mass is 9.99. The van der Waals surface area contributed by atoms with Crippen LogP contribution < -0.4 is 5.32 Å². The van der Waals surface area contributed by atoms with Gasteiger partial charge in [-0.1, -0.05) is 6.07 Å². The summed E-state index contributed by atoms with van der Waals surface area (Å²) in [5.74, 6) is 0.331. The number of hydrogen-bond donors (Lipinski definition) is 1. The second kappa shape index (κ2) is 8.21. The largest absolute Gasteiger partial charge is 0.355 e. The number of piperidine rings is 1. The first-order chi connectivity index (χ1) is 13.9. The summed E-state index contributed by atoms with van der Waals surface area (Å²) in [6, 6.07) is 9.13. The summed E-state index contributed by atoms with van der Waals surface area (Å²) in [5, 5.41) is 11.2. The van der Waals surface area contributed by atoms with Gasteiger partial charge in [-0.3, -0.25) is 9.20 Å². The van der Waals surface area contributed by atoms with E-state index in [0.717, 1.165) is 16.3 Å². The van der Waals surface area contributed by atoms with Gasteiger partial charge in [-0.05, 0) is 44.0 Å². The van der Waals surface area contributed by atoms with E-state index in [4.69, 9.17) is 0 Å². The zero-order valence-corrected chi connectivity index (χ0v) is 17.7. The highest BCUT2D eigenvalue weighted by molar-refractivity contribution is 7.91. The van der Waals surface area contributed by atoms with Crippen LogP contribution >= 0.6 is 11.3 Å². The average molecular weight is 434 g/mol. The van der Waals surface area contributed by atoms with E-state index in [1.807, 2.05) is 35.7 Å². The van der Waals surface area contributed by atoms with E-state index >= 15 is 0 Å². The number of fused-ring (bicyclic) bond motifs is 1. The van der Waals surface area contributed by atoms with E-state index in [0.29, 0.717) is 36.6 Å². The molecule has 8 nitrogen and oxygen atoms in total. The molecule has 0 unspecified atom stereocenters. The molecule has 3 aromatic heterocycles. The van der Waals surface area contributed by atoms with Crippen LogP contribution in [-0.4, -0.2) is 52.9 Å². The number of sulfonamides is 1. The van der Waals surface area contributed by atoms with E-state index in [1.54, 1.807) is 12.1 Å². The van der Waals surface area contributed by atoms with Crippen LogP contribution in [0.3, 0.4) is 0 Å². The SMILES string of the molecule is Cc1ccc(S(=O)(=O)N2CCC[C@H](C(=O)NCCc3nnc4ccccn34)C2)s1. The van der Waals surface area contributed by atoms with Crippen molar-refractivity contribution in [3.63, 3.8) is 0 Å². The molecule has 0 aromatic carbocycles. The maximum atomic E-state index is 12.8. The van der Waals surface area contributed by atoms with Crippen molar-refractivity contribution < 1.29 is 13.2 Å². The van der Waals surface area contributed by atoms with E-state index in [-0.39, 0.29) is 18.4 Å². The van der Waals surface area contributed by atoms with E-state index < -0.39 is 10.0 Å². The minimum atomic E-state index is -3.54. The minimum absolute atomic E-state index is 0.110. The fourth-order valence-electron chi connectivity index (χ4n) is 3.56. The van der Waals surface area contributed by atoms with Gasteiger partial charge in [0.15, 0.2) is 5.65 Å². The van der Waals surface area contributed by atoms with Crippen LogP contribution in [0.5, 0.6) is 0 Å². The molecule has 0 radical (unpaired) electrons. The highest BCUT2D eigenvalue weighted by Gasteiger charge is 2.33. The van der Waals surface area contributed by atoms with Crippen molar-refractivity contribution in [1.82, 2.24) is 24.2 Å². The molecule has 4 heterocycles. The average Bonchev–Trinajstić information content (AvgIpc) is 3.35. The zero-order valence-electron chi connectivity index (χ0n) is 16.1. The third-order valence-electron chi connectivity index (χ3n) is 5.10. The normalized spacial score (nSPS) is 18.2. The number of carbonyl (C=O) groups is 1. The standard InChI is InChI=1S/C19H23N5O3S2/c1-14-7-8-18(28-14)29(26,27)23-11-4-5-15(13-23)19(25)20-10-9-17-22-21-16-6-2-3-12-24(16)17/h2-3,6-8,12,15H,4-5,9-11,13H2,1H3,(H,20,25)/t15-/m0/s1. The second-order valence-corrected chi connectivity index (χ2v) is 10.6. The van der Waals surface area contributed by atoms with Gasteiger partial charge in [-0.25, -0.2) is 8.42 Å². The molecule has 1 N–H and O–H groups in total. The molecule has 10 heteroatoms. The molecule has 0 spiro atoms. The lowest BCUT2D eigenvalue weighted by Crippen LogP contribution is -2.45. The van der Waals surface area contributed by atoms with Crippen molar-refractivity contribution in [2.24, 2.45) is 5.92 Å². The Morgan fingerprint density at radius 2 is 2.14 bits per heavy atom. The Bertz CT molecular complexity index is 1120. The summed E-state index contributed by atoms with van der Waals surface area (Å²) in [5.41, 5.74) is 0.769. The van der Waals surface area contributed by atoms with Crippen molar-refractivity contribution in [2.45, 2.75) is 30.4 Å². The molecule has 3 aromatic rings. The van der Waals surface area contributed by atoms with E-state index in [1.165, 1.54) is 15.6 Å². The monoisotopic (exact) mass is 433 g/mol. The summed E-state index contributed by atoms with van der Waals surface area (Å²) < 4.78 is 29.4. The number of pyridine rings is 1. The second-order valence-electron chi connectivity index (χ2n) is 7.15.